The van der Waals surface area contributed by atoms with Crippen molar-refractivity contribution in [2.24, 2.45) is 0 Å². The first-order valence-corrected chi connectivity index (χ1v) is 9.62. The normalized spacial score (nSPS) is 23.6. The predicted octanol–water partition coefficient (Wildman–Crippen LogP) is 1.19. The molecule has 0 amide bonds. The number of thiazole rings is 1. The monoisotopic (exact) mass is 317 g/mol. The number of sulfone groups is 1. The zero-order valence-electron chi connectivity index (χ0n) is 12.3. The molecule has 2 unspecified atom stereocenters. The molecule has 7 heteroatoms. The highest BCUT2D eigenvalue weighted by atomic mass is 32.2. The minimum atomic E-state index is -2.84. The molecule has 0 bridgehead atoms. The molecule has 1 saturated heterocycles. The molecule has 2 heterocycles. The minimum absolute atomic E-state index is 0.0812. The molecule has 2 N–H and O–H groups in total. The third kappa shape index (κ3) is 4.25. The van der Waals surface area contributed by atoms with Crippen molar-refractivity contribution in [3.63, 3.8) is 0 Å². The highest BCUT2D eigenvalue weighted by Gasteiger charge is 2.24. The first-order chi connectivity index (χ1) is 9.37. The molecule has 0 aromatic carbocycles. The summed E-state index contributed by atoms with van der Waals surface area (Å²) in [7, 11) is -2.84. The zero-order chi connectivity index (χ0) is 14.8. The van der Waals surface area contributed by atoms with Crippen LogP contribution in [-0.2, 0) is 9.84 Å². The lowest BCUT2D eigenvalue weighted by molar-refractivity contribution is 0.463. The lowest BCUT2D eigenvalue weighted by Gasteiger charge is -2.24. The maximum atomic E-state index is 11.6. The van der Waals surface area contributed by atoms with Gasteiger partial charge in [0.05, 0.1) is 22.2 Å². The largest absolute Gasteiger partial charge is 0.312 e. The Bertz CT molecular complexity index is 554. The van der Waals surface area contributed by atoms with Crippen molar-refractivity contribution in [1.82, 2.24) is 15.6 Å². The molecule has 0 saturated carbocycles. The van der Waals surface area contributed by atoms with Gasteiger partial charge in [0.2, 0.25) is 0 Å². The minimum Gasteiger partial charge on any atom is -0.312 e. The number of aryl methyl sites for hydroxylation is 2. The van der Waals surface area contributed by atoms with Crippen LogP contribution in [-0.4, -0.2) is 44.0 Å². The first kappa shape index (κ1) is 15.9. The third-order valence-electron chi connectivity index (χ3n) is 3.58. The average molecular weight is 317 g/mol. The van der Waals surface area contributed by atoms with E-state index in [2.05, 4.69) is 22.5 Å². The standard InChI is InChI=1S/C13H23N3O2S2/c1-9(13-10(2)16-11(3)19-13)14-5-4-12-8-20(17,18)7-6-15-12/h9,12,14-15H,4-8H2,1-3H3. The van der Waals surface area contributed by atoms with Crippen molar-refractivity contribution in [3.05, 3.63) is 15.6 Å². The van der Waals surface area contributed by atoms with E-state index >= 15 is 0 Å². The van der Waals surface area contributed by atoms with Gasteiger partial charge in [-0.2, -0.15) is 0 Å². The lowest BCUT2D eigenvalue weighted by atomic mass is 10.2. The molecule has 2 rings (SSSR count). The molecule has 0 spiro atoms. The highest BCUT2D eigenvalue weighted by molar-refractivity contribution is 7.91. The van der Waals surface area contributed by atoms with E-state index in [0.29, 0.717) is 6.54 Å². The topological polar surface area (TPSA) is 71.1 Å². The van der Waals surface area contributed by atoms with E-state index in [1.807, 2.05) is 13.8 Å². The van der Waals surface area contributed by atoms with Gasteiger partial charge in [-0.05, 0) is 33.7 Å². The van der Waals surface area contributed by atoms with Gasteiger partial charge in [0.25, 0.3) is 0 Å². The molecular formula is C13H23N3O2S2. The Morgan fingerprint density at radius 1 is 1.50 bits per heavy atom. The van der Waals surface area contributed by atoms with Gasteiger partial charge in [-0.3, -0.25) is 0 Å². The molecule has 114 valence electrons. The smallest absolute Gasteiger partial charge is 0.153 e. The summed E-state index contributed by atoms with van der Waals surface area (Å²) in [5.41, 5.74) is 1.09. The molecular weight excluding hydrogens is 294 g/mol. The van der Waals surface area contributed by atoms with Gasteiger partial charge in [0.1, 0.15) is 0 Å². The van der Waals surface area contributed by atoms with Crippen LogP contribution < -0.4 is 10.6 Å². The van der Waals surface area contributed by atoms with Crippen LogP contribution in [0, 0.1) is 13.8 Å². The molecule has 1 aromatic rings. The fraction of sp³-hybridized carbons (Fsp3) is 0.769. The maximum Gasteiger partial charge on any atom is 0.153 e. The summed E-state index contributed by atoms with van der Waals surface area (Å²) in [5, 5.41) is 7.83. The van der Waals surface area contributed by atoms with Crippen LogP contribution >= 0.6 is 11.3 Å². The average Bonchev–Trinajstić information content (AvgIpc) is 2.67. The summed E-state index contributed by atoms with van der Waals surface area (Å²) >= 11 is 1.72. The Morgan fingerprint density at radius 2 is 2.25 bits per heavy atom. The van der Waals surface area contributed by atoms with E-state index in [1.54, 1.807) is 11.3 Å². The molecule has 0 radical (unpaired) electrons. The van der Waals surface area contributed by atoms with Crippen LogP contribution in [0.4, 0.5) is 0 Å². The SMILES string of the molecule is Cc1nc(C)c(C(C)NCCC2CS(=O)(=O)CCN2)s1. The lowest BCUT2D eigenvalue weighted by Crippen LogP contribution is -2.46. The molecule has 5 nitrogen and oxygen atoms in total. The summed E-state index contributed by atoms with van der Waals surface area (Å²) in [6.07, 6.45) is 0.834. The molecule has 20 heavy (non-hydrogen) atoms. The zero-order valence-corrected chi connectivity index (χ0v) is 13.9. The second kappa shape index (κ2) is 6.51. The van der Waals surface area contributed by atoms with E-state index in [0.717, 1.165) is 23.7 Å². The predicted molar refractivity (Wildman–Crippen MR) is 83.1 cm³/mol. The van der Waals surface area contributed by atoms with Crippen LogP contribution in [0.15, 0.2) is 0 Å². The first-order valence-electron chi connectivity index (χ1n) is 6.98. The van der Waals surface area contributed by atoms with Crippen LogP contribution in [0.25, 0.3) is 0 Å². The quantitative estimate of drug-likeness (QED) is 0.853. The fourth-order valence-electron chi connectivity index (χ4n) is 2.57. The van der Waals surface area contributed by atoms with Gasteiger partial charge in [0, 0.05) is 23.5 Å². The van der Waals surface area contributed by atoms with E-state index in [1.165, 1.54) is 4.88 Å². The molecule has 1 aliphatic heterocycles. The van der Waals surface area contributed by atoms with Crippen LogP contribution in [0.1, 0.15) is 35.0 Å². The maximum absolute atomic E-state index is 11.6. The van der Waals surface area contributed by atoms with Gasteiger partial charge in [0.15, 0.2) is 9.84 Å². The second-order valence-corrected chi connectivity index (χ2v) is 8.88. The summed E-state index contributed by atoms with van der Waals surface area (Å²) in [5.74, 6) is 0.536. The Kier molecular flexibility index (Phi) is 5.17. The second-order valence-electron chi connectivity index (χ2n) is 5.41. The Balaban J connectivity index is 1.79. The van der Waals surface area contributed by atoms with Crippen molar-refractivity contribution in [1.29, 1.82) is 0 Å². The summed E-state index contributed by atoms with van der Waals surface area (Å²) in [6, 6.07) is 0.346. The van der Waals surface area contributed by atoms with Crippen molar-refractivity contribution in [2.75, 3.05) is 24.6 Å². The molecule has 1 fully saturated rings. The van der Waals surface area contributed by atoms with E-state index < -0.39 is 9.84 Å². The fourth-order valence-corrected chi connectivity index (χ4v) is 5.02. The number of hydrogen-bond donors (Lipinski definition) is 2. The molecule has 0 aliphatic carbocycles. The van der Waals surface area contributed by atoms with Crippen molar-refractivity contribution in [3.8, 4) is 0 Å². The van der Waals surface area contributed by atoms with Gasteiger partial charge in [-0.1, -0.05) is 0 Å². The summed E-state index contributed by atoms with van der Waals surface area (Å²) < 4.78 is 23.1. The number of hydrogen-bond acceptors (Lipinski definition) is 6. The molecule has 1 aliphatic rings. The Hall–Kier alpha value is -0.500. The highest BCUT2D eigenvalue weighted by Crippen LogP contribution is 2.24. The van der Waals surface area contributed by atoms with Crippen LogP contribution in [0.2, 0.25) is 0 Å². The van der Waals surface area contributed by atoms with E-state index in [4.69, 9.17) is 0 Å². The number of aromatic nitrogens is 1. The van der Waals surface area contributed by atoms with Crippen molar-refractivity contribution >= 4 is 21.2 Å². The van der Waals surface area contributed by atoms with Gasteiger partial charge in [-0.25, -0.2) is 13.4 Å². The van der Waals surface area contributed by atoms with Crippen LogP contribution in [0.5, 0.6) is 0 Å². The van der Waals surface area contributed by atoms with Crippen molar-refractivity contribution < 1.29 is 8.42 Å². The van der Waals surface area contributed by atoms with Crippen LogP contribution in [0.3, 0.4) is 0 Å². The Morgan fingerprint density at radius 3 is 2.85 bits per heavy atom. The number of nitrogens with one attached hydrogen (secondary N) is 2. The molecule has 2 atom stereocenters. The van der Waals surface area contributed by atoms with Gasteiger partial charge >= 0.3 is 0 Å². The Labute approximate surface area is 125 Å². The van der Waals surface area contributed by atoms with Gasteiger partial charge < -0.3 is 10.6 Å². The van der Waals surface area contributed by atoms with E-state index in [9.17, 15) is 8.42 Å². The molecule has 1 aromatic heterocycles. The van der Waals surface area contributed by atoms with Crippen molar-refractivity contribution in [2.45, 2.75) is 39.3 Å². The summed E-state index contributed by atoms with van der Waals surface area (Å²) in [6.45, 7) is 7.57. The number of nitrogens with zero attached hydrogens (tertiary/aromatic N) is 1. The van der Waals surface area contributed by atoms with E-state index in [-0.39, 0.29) is 23.6 Å². The van der Waals surface area contributed by atoms with Gasteiger partial charge in [-0.15, -0.1) is 11.3 Å². The third-order valence-corrected chi connectivity index (χ3v) is 6.57. The number of rotatable bonds is 5. The summed E-state index contributed by atoms with van der Waals surface area (Å²) in [4.78, 5) is 5.71.